The summed E-state index contributed by atoms with van der Waals surface area (Å²) in [6.07, 6.45) is 1.08. The monoisotopic (exact) mass is 303 g/mol. The molecule has 1 amide bonds. The van der Waals surface area contributed by atoms with Gasteiger partial charge in [0.1, 0.15) is 5.69 Å². The van der Waals surface area contributed by atoms with E-state index in [4.69, 9.17) is 0 Å². The quantitative estimate of drug-likeness (QED) is 0.744. The predicted molar refractivity (Wildman–Crippen MR) is 89.5 cm³/mol. The summed E-state index contributed by atoms with van der Waals surface area (Å²) in [5.74, 6) is 0.0507. The van der Waals surface area contributed by atoms with E-state index in [9.17, 15) is 4.79 Å². The molecule has 2 heterocycles. The Morgan fingerprint density at radius 3 is 2.17 bits per heavy atom. The number of hydrogen-bond donors (Lipinski definition) is 0. The van der Waals surface area contributed by atoms with Gasteiger partial charge in [-0.1, -0.05) is 48.5 Å². The minimum absolute atomic E-state index is 0.0507. The Balaban J connectivity index is 1.82. The summed E-state index contributed by atoms with van der Waals surface area (Å²) in [7, 11) is 0. The number of carbonyl (C=O) groups is 1. The molecule has 23 heavy (non-hydrogen) atoms. The van der Waals surface area contributed by atoms with Gasteiger partial charge < -0.3 is 4.90 Å². The van der Waals surface area contributed by atoms with Crippen molar-refractivity contribution < 1.29 is 4.79 Å². The van der Waals surface area contributed by atoms with E-state index in [1.165, 1.54) is 0 Å². The fourth-order valence-corrected chi connectivity index (χ4v) is 2.73. The van der Waals surface area contributed by atoms with E-state index in [1.807, 2.05) is 71.6 Å². The second-order valence-electron chi connectivity index (χ2n) is 5.67. The number of amides is 1. The molecule has 0 N–H and O–H groups in total. The number of benzene rings is 2. The normalized spacial score (nSPS) is 13.7. The largest absolute Gasteiger partial charge is 0.337 e. The molecule has 0 aliphatic carbocycles. The lowest BCUT2D eigenvalue weighted by atomic mass is 10.1. The Kier molecular flexibility index (Phi) is 3.42. The maximum atomic E-state index is 12.7. The maximum absolute atomic E-state index is 12.7. The van der Waals surface area contributed by atoms with Gasteiger partial charge in [-0.15, -0.1) is 0 Å². The minimum Gasteiger partial charge on any atom is -0.337 e. The smallest absolute Gasteiger partial charge is 0.272 e. The van der Waals surface area contributed by atoms with Crippen LogP contribution in [0.1, 0.15) is 16.9 Å². The van der Waals surface area contributed by atoms with Crippen LogP contribution in [0, 0.1) is 0 Å². The average Bonchev–Trinajstić information content (AvgIpc) is 3.00. The summed E-state index contributed by atoms with van der Waals surface area (Å²) >= 11 is 0. The minimum atomic E-state index is 0.0507. The third-order valence-electron chi connectivity index (χ3n) is 4.14. The lowest BCUT2D eigenvalue weighted by Crippen LogP contribution is -2.42. The van der Waals surface area contributed by atoms with Gasteiger partial charge in [0.2, 0.25) is 0 Å². The number of rotatable bonds is 3. The van der Waals surface area contributed by atoms with Crippen LogP contribution in [0.15, 0.2) is 66.7 Å². The van der Waals surface area contributed by atoms with Crippen LogP contribution in [0.5, 0.6) is 0 Å². The number of carbonyl (C=O) groups excluding carboxylic acids is 1. The van der Waals surface area contributed by atoms with Crippen molar-refractivity contribution in [3.05, 3.63) is 72.4 Å². The first kappa shape index (κ1) is 13.8. The summed E-state index contributed by atoms with van der Waals surface area (Å²) in [6, 6.07) is 21.7. The van der Waals surface area contributed by atoms with E-state index in [-0.39, 0.29) is 5.91 Å². The first-order valence-corrected chi connectivity index (χ1v) is 7.83. The molecule has 114 valence electrons. The summed E-state index contributed by atoms with van der Waals surface area (Å²) < 4.78 is 1.75. The zero-order valence-electron chi connectivity index (χ0n) is 12.7. The SMILES string of the molecule is O=C(c1cc(-c2ccccc2)nn1-c1ccccc1)N1CCC1. The van der Waals surface area contributed by atoms with E-state index in [0.717, 1.165) is 36.5 Å². The topological polar surface area (TPSA) is 38.1 Å². The van der Waals surface area contributed by atoms with Crippen LogP contribution in [-0.4, -0.2) is 33.7 Å². The molecule has 0 saturated carbocycles. The molecule has 0 bridgehead atoms. The first-order valence-electron chi connectivity index (χ1n) is 7.83. The third kappa shape index (κ3) is 2.52. The molecule has 0 radical (unpaired) electrons. The van der Waals surface area contributed by atoms with Crippen molar-refractivity contribution in [1.29, 1.82) is 0 Å². The molecule has 4 nitrogen and oxygen atoms in total. The van der Waals surface area contributed by atoms with Crippen LogP contribution in [0.25, 0.3) is 16.9 Å². The fraction of sp³-hybridized carbons (Fsp3) is 0.158. The molecule has 1 fully saturated rings. The molecule has 4 rings (SSSR count). The van der Waals surface area contributed by atoms with Gasteiger partial charge in [-0.3, -0.25) is 4.79 Å². The van der Waals surface area contributed by atoms with Gasteiger partial charge in [-0.25, -0.2) is 4.68 Å². The van der Waals surface area contributed by atoms with Crippen molar-refractivity contribution in [3.8, 4) is 16.9 Å². The van der Waals surface area contributed by atoms with Gasteiger partial charge in [-0.2, -0.15) is 5.10 Å². The summed E-state index contributed by atoms with van der Waals surface area (Å²) in [5, 5.41) is 4.68. The fourth-order valence-electron chi connectivity index (χ4n) is 2.73. The van der Waals surface area contributed by atoms with Crippen LogP contribution >= 0.6 is 0 Å². The number of para-hydroxylation sites is 1. The van der Waals surface area contributed by atoms with Gasteiger partial charge in [0, 0.05) is 18.7 Å². The standard InChI is InChI=1S/C19H17N3O/c23-19(21-12-7-13-21)18-14-17(15-8-3-1-4-9-15)20-22(18)16-10-5-2-6-11-16/h1-6,8-11,14H,7,12-13H2. The van der Waals surface area contributed by atoms with Gasteiger partial charge in [0.25, 0.3) is 5.91 Å². The Morgan fingerprint density at radius 1 is 0.913 bits per heavy atom. The molecule has 0 spiro atoms. The van der Waals surface area contributed by atoms with Crippen molar-refractivity contribution in [2.24, 2.45) is 0 Å². The maximum Gasteiger partial charge on any atom is 0.272 e. The van der Waals surface area contributed by atoms with Crippen molar-refractivity contribution in [1.82, 2.24) is 14.7 Å². The second-order valence-corrected chi connectivity index (χ2v) is 5.67. The van der Waals surface area contributed by atoms with Gasteiger partial charge >= 0.3 is 0 Å². The molecule has 1 aliphatic heterocycles. The zero-order chi connectivity index (χ0) is 15.6. The third-order valence-corrected chi connectivity index (χ3v) is 4.14. The Bertz CT molecular complexity index is 820. The molecule has 1 aromatic heterocycles. The summed E-state index contributed by atoms with van der Waals surface area (Å²) in [6.45, 7) is 1.67. The summed E-state index contributed by atoms with van der Waals surface area (Å²) in [4.78, 5) is 14.6. The number of nitrogens with zero attached hydrogens (tertiary/aromatic N) is 3. The van der Waals surface area contributed by atoms with Crippen LogP contribution in [0.4, 0.5) is 0 Å². The van der Waals surface area contributed by atoms with Crippen LogP contribution in [0.2, 0.25) is 0 Å². The highest BCUT2D eigenvalue weighted by molar-refractivity contribution is 5.94. The highest BCUT2D eigenvalue weighted by Gasteiger charge is 2.26. The zero-order valence-corrected chi connectivity index (χ0v) is 12.7. The average molecular weight is 303 g/mol. The molecule has 4 heteroatoms. The highest BCUT2D eigenvalue weighted by atomic mass is 16.2. The molecular formula is C19H17N3O. The summed E-state index contributed by atoms with van der Waals surface area (Å²) in [5.41, 5.74) is 3.35. The lowest BCUT2D eigenvalue weighted by molar-refractivity contribution is 0.0642. The van der Waals surface area contributed by atoms with Gasteiger partial charge in [0.05, 0.1) is 11.4 Å². The molecule has 0 unspecified atom stereocenters. The molecule has 2 aromatic carbocycles. The lowest BCUT2D eigenvalue weighted by Gasteiger charge is -2.30. The number of hydrogen-bond acceptors (Lipinski definition) is 2. The van der Waals surface area contributed by atoms with Crippen molar-refractivity contribution in [3.63, 3.8) is 0 Å². The van der Waals surface area contributed by atoms with Crippen molar-refractivity contribution in [2.45, 2.75) is 6.42 Å². The highest BCUT2D eigenvalue weighted by Crippen LogP contribution is 2.23. The number of aromatic nitrogens is 2. The Morgan fingerprint density at radius 2 is 1.57 bits per heavy atom. The van der Waals surface area contributed by atoms with Crippen molar-refractivity contribution >= 4 is 5.91 Å². The Hall–Kier alpha value is -2.88. The molecule has 1 aliphatic rings. The van der Waals surface area contributed by atoms with E-state index < -0.39 is 0 Å². The van der Waals surface area contributed by atoms with Gasteiger partial charge in [0.15, 0.2) is 0 Å². The van der Waals surface area contributed by atoms with E-state index in [2.05, 4.69) is 5.10 Å². The molecule has 0 atom stereocenters. The molecule has 3 aromatic rings. The predicted octanol–water partition coefficient (Wildman–Crippen LogP) is 3.39. The van der Waals surface area contributed by atoms with Gasteiger partial charge in [-0.05, 0) is 24.6 Å². The van der Waals surface area contributed by atoms with Crippen molar-refractivity contribution in [2.75, 3.05) is 13.1 Å². The molecular weight excluding hydrogens is 286 g/mol. The van der Waals surface area contributed by atoms with Crippen LogP contribution < -0.4 is 0 Å². The van der Waals surface area contributed by atoms with E-state index in [1.54, 1.807) is 4.68 Å². The van der Waals surface area contributed by atoms with Crippen LogP contribution in [0.3, 0.4) is 0 Å². The Labute approximate surface area is 135 Å². The molecule has 1 saturated heterocycles. The first-order chi connectivity index (χ1) is 11.3. The number of likely N-dealkylation sites (tertiary alicyclic amines) is 1. The van der Waals surface area contributed by atoms with E-state index in [0.29, 0.717) is 5.69 Å². The van der Waals surface area contributed by atoms with E-state index >= 15 is 0 Å². The second kappa shape index (κ2) is 5.72. The van der Waals surface area contributed by atoms with Crippen LogP contribution in [-0.2, 0) is 0 Å².